The minimum Gasteiger partial charge on any atom is -0.0800 e. The zero-order valence-electron chi connectivity index (χ0n) is 14.6. The molecule has 0 radical (unpaired) electrons. The van der Waals surface area contributed by atoms with E-state index < -0.39 is 8.07 Å². The minimum atomic E-state index is -1.21. The average molecular weight is 319 g/mol. The highest BCUT2D eigenvalue weighted by atomic mass is 28.3. The lowest BCUT2D eigenvalue weighted by Crippen LogP contribution is -2.27. The van der Waals surface area contributed by atoms with Crippen molar-refractivity contribution in [3.63, 3.8) is 0 Å². The predicted molar refractivity (Wildman–Crippen MR) is 104 cm³/mol. The summed E-state index contributed by atoms with van der Waals surface area (Å²) in [7, 11) is -1.21. The summed E-state index contributed by atoms with van der Waals surface area (Å²) in [5, 5.41) is 0. The first-order valence-corrected chi connectivity index (χ1v) is 12.0. The van der Waals surface area contributed by atoms with E-state index in [0.717, 1.165) is 0 Å². The van der Waals surface area contributed by atoms with Gasteiger partial charge in [0.05, 0.1) is 8.07 Å². The van der Waals surface area contributed by atoms with Gasteiger partial charge in [-0.1, -0.05) is 98.5 Å². The first-order valence-electron chi connectivity index (χ1n) is 8.44. The summed E-state index contributed by atoms with van der Waals surface area (Å²) in [6.07, 6.45) is 7.31. The van der Waals surface area contributed by atoms with Gasteiger partial charge in [0.1, 0.15) is 0 Å². The van der Waals surface area contributed by atoms with E-state index in [1.807, 2.05) is 0 Å². The molecule has 0 nitrogen and oxygen atoms in total. The van der Waals surface area contributed by atoms with Gasteiger partial charge in [0, 0.05) is 5.41 Å². The molecule has 2 aromatic rings. The van der Waals surface area contributed by atoms with E-state index in [-0.39, 0.29) is 5.41 Å². The molecular formula is C22H26Si. The monoisotopic (exact) mass is 318 g/mol. The lowest BCUT2D eigenvalue weighted by atomic mass is 9.71. The van der Waals surface area contributed by atoms with Crippen LogP contribution in [0.4, 0.5) is 0 Å². The van der Waals surface area contributed by atoms with Gasteiger partial charge in [-0.05, 0) is 29.2 Å². The highest BCUT2D eigenvalue weighted by Crippen LogP contribution is 2.44. The van der Waals surface area contributed by atoms with Gasteiger partial charge in [-0.15, -0.1) is 0 Å². The zero-order chi connectivity index (χ0) is 16.5. The molecule has 23 heavy (non-hydrogen) atoms. The minimum absolute atomic E-state index is 0.0899. The fraction of sp³-hybridized carbons (Fsp3) is 0.273. The maximum atomic E-state index is 2.52. The van der Waals surface area contributed by atoms with Crippen molar-refractivity contribution in [2.45, 2.75) is 37.5 Å². The molecule has 0 saturated carbocycles. The van der Waals surface area contributed by atoms with E-state index in [4.69, 9.17) is 0 Å². The van der Waals surface area contributed by atoms with E-state index in [2.05, 4.69) is 105 Å². The van der Waals surface area contributed by atoms with Crippen LogP contribution in [0, 0.1) is 0 Å². The van der Waals surface area contributed by atoms with E-state index >= 15 is 0 Å². The fourth-order valence-corrected chi connectivity index (χ4v) is 4.78. The van der Waals surface area contributed by atoms with Gasteiger partial charge in [-0.2, -0.15) is 0 Å². The first kappa shape index (κ1) is 16.0. The Kier molecular flexibility index (Phi) is 4.16. The van der Waals surface area contributed by atoms with Gasteiger partial charge in [0.15, 0.2) is 0 Å². The van der Waals surface area contributed by atoms with Crippen LogP contribution in [0.25, 0.3) is 0 Å². The van der Waals surface area contributed by atoms with Gasteiger partial charge in [-0.25, -0.2) is 0 Å². The highest BCUT2D eigenvalue weighted by Gasteiger charge is 2.36. The molecule has 3 rings (SSSR count). The van der Waals surface area contributed by atoms with Crippen LogP contribution in [0.3, 0.4) is 0 Å². The van der Waals surface area contributed by atoms with Crippen molar-refractivity contribution in [1.29, 1.82) is 0 Å². The molecule has 0 saturated heterocycles. The van der Waals surface area contributed by atoms with E-state index in [1.165, 1.54) is 16.7 Å². The lowest BCUT2D eigenvalue weighted by Gasteiger charge is -2.32. The third kappa shape index (κ3) is 2.98. The number of benzene rings is 2. The Morgan fingerprint density at radius 1 is 0.783 bits per heavy atom. The molecule has 1 aliphatic rings. The van der Waals surface area contributed by atoms with Crippen LogP contribution < -0.4 is 0 Å². The van der Waals surface area contributed by atoms with Crippen molar-refractivity contribution in [2.75, 3.05) is 0 Å². The number of allylic oxidation sites excluding steroid dienone is 4. The van der Waals surface area contributed by atoms with Crippen molar-refractivity contribution in [1.82, 2.24) is 0 Å². The number of rotatable bonds is 4. The molecule has 1 unspecified atom stereocenters. The Bertz CT molecular complexity index is 678. The Morgan fingerprint density at radius 2 is 1.26 bits per heavy atom. The molecule has 118 valence electrons. The Morgan fingerprint density at radius 3 is 1.65 bits per heavy atom. The Balaban J connectivity index is 2.14. The highest BCUT2D eigenvalue weighted by molar-refractivity contribution is 6.78. The SMILES string of the molecule is CC(C1=CC([Si](C)(C)C)C=C1)(c1ccccc1)c1ccccc1. The van der Waals surface area contributed by atoms with Gasteiger partial charge in [0.25, 0.3) is 0 Å². The summed E-state index contributed by atoms with van der Waals surface area (Å²) < 4.78 is 0. The first-order chi connectivity index (χ1) is 10.9. The average Bonchev–Trinajstić information content (AvgIpc) is 3.06. The second-order valence-corrected chi connectivity index (χ2v) is 13.1. The van der Waals surface area contributed by atoms with Crippen molar-refractivity contribution >= 4 is 8.07 Å². The zero-order valence-corrected chi connectivity index (χ0v) is 15.6. The molecule has 0 amide bonds. The standard InChI is InChI=1S/C22H26Si/c1-22(18-11-7-5-8-12-18,19-13-9-6-10-14-19)20-15-16-21(17-20)23(2,3)4/h5-17,21H,1-4H3. The van der Waals surface area contributed by atoms with Crippen LogP contribution in [0.5, 0.6) is 0 Å². The molecule has 2 aromatic carbocycles. The topological polar surface area (TPSA) is 0 Å². The van der Waals surface area contributed by atoms with Crippen LogP contribution in [0.2, 0.25) is 25.2 Å². The van der Waals surface area contributed by atoms with Gasteiger partial charge < -0.3 is 0 Å². The molecule has 0 fully saturated rings. The van der Waals surface area contributed by atoms with E-state index in [9.17, 15) is 0 Å². The molecule has 0 spiro atoms. The van der Waals surface area contributed by atoms with Crippen molar-refractivity contribution in [3.8, 4) is 0 Å². The molecule has 0 heterocycles. The third-order valence-corrected chi connectivity index (χ3v) is 7.48. The van der Waals surface area contributed by atoms with Crippen LogP contribution in [-0.4, -0.2) is 8.07 Å². The van der Waals surface area contributed by atoms with E-state index in [1.54, 1.807) is 0 Å². The second kappa shape index (κ2) is 5.97. The van der Waals surface area contributed by atoms with Gasteiger partial charge >= 0.3 is 0 Å². The van der Waals surface area contributed by atoms with Crippen LogP contribution in [-0.2, 0) is 5.41 Å². The van der Waals surface area contributed by atoms with Crippen molar-refractivity contribution in [3.05, 3.63) is 95.6 Å². The fourth-order valence-electron chi connectivity index (χ4n) is 3.43. The molecule has 0 aliphatic heterocycles. The molecular weight excluding hydrogens is 292 g/mol. The molecule has 0 bridgehead atoms. The normalized spacial score (nSPS) is 18.1. The lowest BCUT2D eigenvalue weighted by molar-refractivity contribution is 0.692. The number of hydrogen-bond acceptors (Lipinski definition) is 0. The van der Waals surface area contributed by atoms with Gasteiger partial charge in [0.2, 0.25) is 0 Å². The number of hydrogen-bond donors (Lipinski definition) is 0. The molecule has 1 atom stereocenters. The molecule has 1 heteroatoms. The van der Waals surface area contributed by atoms with Crippen LogP contribution >= 0.6 is 0 Å². The smallest absolute Gasteiger partial charge is 0.0558 e. The van der Waals surface area contributed by atoms with Crippen molar-refractivity contribution in [2.24, 2.45) is 0 Å². The molecule has 0 aromatic heterocycles. The summed E-state index contributed by atoms with van der Waals surface area (Å²) in [6, 6.07) is 21.8. The maximum absolute atomic E-state index is 2.52. The summed E-state index contributed by atoms with van der Waals surface area (Å²) in [5.41, 5.74) is 4.69. The second-order valence-electron chi connectivity index (χ2n) is 7.73. The summed E-state index contributed by atoms with van der Waals surface area (Å²) in [5.74, 6) is 0. The summed E-state index contributed by atoms with van der Waals surface area (Å²) in [6.45, 7) is 9.71. The summed E-state index contributed by atoms with van der Waals surface area (Å²) in [4.78, 5) is 0. The predicted octanol–water partition coefficient (Wildman–Crippen LogP) is 6.20. The quantitative estimate of drug-likeness (QED) is 0.589. The van der Waals surface area contributed by atoms with Gasteiger partial charge in [-0.3, -0.25) is 0 Å². The Hall–Kier alpha value is -1.86. The van der Waals surface area contributed by atoms with Crippen LogP contribution in [0.15, 0.2) is 84.5 Å². The Labute approximate surface area is 141 Å². The summed E-state index contributed by atoms with van der Waals surface area (Å²) >= 11 is 0. The van der Waals surface area contributed by atoms with Crippen LogP contribution in [0.1, 0.15) is 18.1 Å². The van der Waals surface area contributed by atoms with Crippen molar-refractivity contribution < 1.29 is 0 Å². The molecule has 0 N–H and O–H groups in total. The molecule has 1 aliphatic carbocycles. The van der Waals surface area contributed by atoms with E-state index in [0.29, 0.717) is 5.54 Å². The largest absolute Gasteiger partial charge is 0.0800 e. The maximum Gasteiger partial charge on any atom is 0.0558 e. The third-order valence-electron chi connectivity index (χ3n) is 5.12.